The van der Waals surface area contributed by atoms with Gasteiger partial charge in [-0.1, -0.05) is 6.07 Å². The Kier molecular flexibility index (Phi) is 2.55. The van der Waals surface area contributed by atoms with Crippen molar-refractivity contribution in [1.29, 1.82) is 0 Å². The monoisotopic (exact) mass is 218 g/mol. The van der Waals surface area contributed by atoms with Gasteiger partial charge in [-0.25, -0.2) is 9.50 Å². The standard InChI is InChI=1S/C11H14N4O/c1-2-5-15-11(3-1)13-10(14-15)7-9-8-16-6-4-12-9/h1-3,5,9,12H,4,6-8H2. The summed E-state index contributed by atoms with van der Waals surface area (Å²) in [6, 6.07) is 6.22. The molecule has 3 rings (SSSR count). The molecule has 84 valence electrons. The summed E-state index contributed by atoms with van der Waals surface area (Å²) in [5, 5.41) is 7.81. The predicted molar refractivity (Wildman–Crippen MR) is 59.3 cm³/mol. The number of hydrogen-bond donors (Lipinski definition) is 1. The fourth-order valence-corrected chi connectivity index (χ4v) is 1.94. The van der Waals surface area contributed by atoms with Crippen LogP contribution in [0.15, 0.2) is 24.4 Å². The van der Waals surface area contributed by atoms with Crippen molar-refractivity contribution in [3.8, 4) is 0 Å². The van der Waals surface area contributed by atoms with Crippen LogP contribution < -0.4 is 5.32 Å². The summed E-state index contributed by atoms with van der Waals surface area (Å²) in [6.45, 7) is 2.46. The summed E-state index contributed by atoms with van der Waals surface area (Å²) in [5.41, 5.74) is 0.897. The molecular weight excluding hydrogens is 204 g/mol. The summed E-state index contributed by atoms with van der Waals surface area (Å²) in [6.07, 6.45) is 2.73. The Bertz CT molecular complexity index is 443. The largest absolute Gasteiger partial charge is 0.379 e. The first-order chi connectivity index (χ1) is 7.92. The molecule has 1 saturated heterocycles. The Labute approximate surface area is 93.4 Å². The first kappa shape index (κ1) is 9.74. The number of morpholine rings is 1. The van der Waals surface area contributed by atoms with E-state index in [-0.39, 0.29) is 0 Å². The number of rotatable bonds is 2. The molecular formula is C11H14N4O. The minimum atomic E-state index is 0.339. The Morgan fingerprint density at radius 1 is 1.50 bits per heavy atom. The van der Waals surface area contributed by atoms with Crippen molar-refractivity contribution >= 4 is 5.65 Å². The van der Waals surface area contributed by atoms with Crippen LogP contribution in [-0.4, -0.2) is 40.4 Å². The molecule has 1 N–H and O–H groups in total. The number of pyridine rings is 1. The predicted octanol–water partition coefficient (Wildman–Crippen LogP) is 0.260. The summed E-state index contributed by atoms with van der Waals surface area (Å²) in [4.78, 5) is 4.46. The molecule has 1 unspecified atom stereocenters. The fraction of sp³-hybridized carbons (Fsp3) is 0.455. The van der Waals surface area contributed by atoms with E-state index in [0.717, 1.165) is 37.7 Å². The number of aromatic nitrogens is 3. The number of hydrogen-bond acceptors (Lipinski definition) is 4. The zero-order valence-corrected chi connectivity index (χ0v) is 8.97. The third kappa shape index (κ3) is 1.91. The van der Waals surface area contributed by atoms with Gasteiger partial charge < -0.3 is 10.1 Å². The maximum absolute atomic E-state index is 5.40. The average molecular weight is 218 g/mol. The Balaban J connectivity index is 1.78. The highest BCUT2D eigenvalue weighted by atomic mass is 16.5. The summed E-state index contributed by atoms with van der Waals surface area (Å²) >= 11 is 0. The van der Waals surface area contributed by atoms with Crippen LogP contribution in [0.3, 0.4) is 0 Å². The van der Waals surface area contributed by atoms with Crippen LogP contribution in [0.1, 0.15) is 5.82 Å². The molecule has 2 aromatic heterocycles. The van der Waals surface area contributed by atoms with E-state index in [0.29, 0.717) is 6.04 Å². The minimum absolute atomic E-state index is 0.339. The van der Waals surface area contributed by atoms with Crippen LogP contribution in [0.2, 0.25) is 0 Å². The molecule has 0 amide bonds. The molecule has 0 bridgehead atoms. The van der Waals surface area contributed by atoms with E-state index in [1.165, 1.54) is 0 Å². The second kappa shape index (κ2) is 4.19. The van der Waals surface area contributed by atoms with Gasteiger partial charge in [0.1, 0.15) is 0 Å². The van der Waals surface area contributed by atoms with E-state index in [9.17, 15) is 0 Å². The average Bonchev–Trinajstić information content (AvgIpc) is 2.72. The molecule has 0 spiro atoms. The van der Waals surface area contributed by atoms with Crippen LogP contribution in [0.4, 0.5) is 0 Å². The minimum Gasteiger partial charge on any atom is -0.379 e. The number of fused-ring (bicyclic) bond motifs is 1. The quantitative estimate of drug-likeness (QED) is 0.785. The highest BCUT2D eigenvalue weighted by molar-refractivity contribution is 5.36. The summed E-state index contributed by atoms with van der Waals surface area (Å²) in [7, 11) is 0. The highest BCUT2D eigenvalue weighted by Gasteiger charge is 2.15. The smallest absolute Gasteiger partial charge is 0.155 e. The van der Waals surface area contributed by atoms with Crippen LogP contribution in [0.25, 0.3) is 5.65 Å². The van der Waals surface area contributed by atoms with E-state index in [4.69, 9.17) is 4.74 Å². The molecule has 1 atom stereocenters. The third-order valence-electron chi connectivity index (χ3n) is 2.71. The highest BCUT2D eigenvalue weighted by Crippen LogP contribution is 2.04. The Morgan fingerprint density at radius 3 is 3.31 bits per heavy atom. The fourth-order valence-electron chi connectivity index (χ4n) is 1.94. The number of nitrogens with one attached hydrogen (secondary N) is 1. The molecule has 0 radical (unpaired) electrons. The van der Waals surface area contributed by atoms with Gasteiger partial charge >= 0.3 is 0 Å². The molecule has 1 fully saturated rings. The van der Waals surface area contributed by atoms with E-state index >= 15 is 0 Å². The van der Waals surface area contributed by atoms with E-state index in [2.05, 4.69) is 15.4 Å². The molecule has 1 aliphatic rings. The van der Waals surface area contributed by atoms with Crippen molar-refractivity contribution in [2.45, 2.75) is 12.5 Å². The van der Waals surface area contributed by atoms with E-state index in [1.54, 1.807) is 4.52 Å². The lowest BCUT2D eigenvalue weighted by Gasteiger charge is -2.22. The SMILES string of the molecule is c1ccn2nc(CC3COCCN3)nc2c1. The van der Waals surface area contributed by atoms with Crippen molar-refractivity contribution in [1.82, 2.24) is 19.9 Å². The van der Waals surface area contributed by atoms with Crippen LogP contribution in [-0.2, 0) is 11.2 Å². The van der Waals surface area contributed by atoms with Crippen LogP contribution >= 0.6 is 0 Å². The first-order valence-corrected chi connectivity index (χ1v) is 5.53. The molecule has 0 saturated carbocycles. The van der Waals surface area contributed by atoms with Gasteiger partial charge in [0, 0.05) is 25.2 Å². The lowest BCUT2D eigenvalue weighted by molar-refractivity contribution is 0.0764. The zero-order chi connectivity index (χ0) is 10.8. The second-order valence-electron chi connectivity index (χ2n) is 3.96. The van der Waals surface area contributed by atoms with Gasteiger partial charge in [0.25, 0.3) is 0 Å². The topological polar surface area (TPSA) is 51.5 Å². The van der Waals surface area contributed by atoms with Gasteiger partial charge in [-0.2, -0.15) is 5.10 Å². The van der Waals surface area contributed by atoms with Crippen molar-refractivity contribution in [2.24, 2.45) is 0 Å². The van der Waals surface area contributed by atoms with Crippen molar-refractivity contribution in [2.75, 3.05) is 19.8 Å². The normalized spacial score (nSPS) is 21.4. The van der Waals surface area contributed by atoms with Gasteiger partial charge in [-0.15, -0.1) is 0 Å². The van der Waals surface area contributed by atoms with Crippen LogP contribution in [0.5, 0.6) is 0 Å². The first-order valence-electron chi connectivity index (χ1n) is 5.53. The van der Waals surface area contributed by atoms with Gasteiger partial charge in [0.05, 0.1) is 13.2 Å². The number of ether oxygens (including phenoxy) is 1. The van der Waals surface area contributed by atoms with E-state index < -0.39 is 0 Å². The summed E-state index contributed by atoms with van der Waals surface area (Å²) < 4.78 is 7.21. The van der Waals surface area contributed by atoms with Gasteiger partial charge in [0.15, 0.2) is 11.5 Å². The summed E-state index contributed by atoms with van der Waals surface area (Å²) in [5.74, 6) is 0.870. The molecule has 5 heteroatoms. The van der Waals surface area contributed by atoms with Crippen LogP contribution in [0, 0.1) is 0 Å². The maximum atomic E-state index is 5.40. The lowest BCUT2D eigenvalue weighted by Crippen LogP contribution is -2.42. The maximum Gasteiger partial charge on any atom is 0.155 e. The van der Waals surface area contributed by atoms with Gasteiger partial charge in [-0.05, 0) is 12.1 Å². The van der Waals surface area contributed by atoms with Gasteiger partial charge in [-0.3, -0.25) is 0 Å². The molecule has 16 heavy (non-hydrogen) atoms. The second-order valence-corrected chi connectivity index (χ2v) is 3.96. The molecule has 1 aliphatic heterocycles. The van der Waals surface area contributed by atoms with E-state index in [1.807, 2.05) is 24.4 Å². The van der Waals surface area contributed by atoms with Gasteiger partial charge in [0.2, 0.25) is 0 Å². The Morgan fingerprint density at radius 2 is 2.50 bits per heavy atom. The molecule has 3 heterocycles. The zero-order valence-electron chi connectivity index (χ0n) is 8.97. The Hall–Kier alpha value is -1.46. The lowest BCUT2D eigenvalue weighted by atomic mass is 10.2. The van der Waals surface area contributed by atoms with Crippen molar-refractivity contribution in [3.63, 3.8) is 0 Å². The van der Waals surface area contributed by atoms with Crippen molar-refractivity contribution < 1.29 is 4.74 Å². The number of nitrogens with zero attached hydrogens (tertiary/aromatic N) is 3. The molecule has 0 aliphatic carbocycles. The molecule has 2 aromatic rings. The van der Waals surface area contributed by atoms with Crippen molar-refractivity contribution in [3.05, 3.63) is 30.2 Å². The molecule has 5 nitrogen and oxygen atoms in total. The third-order valence-corrected chi connectivity index (χ3v) is 2.71. The molecule has 0 aromatic carbocycles.